The lowest BCUT2D eigenvalue weighted by Crippen LogP contribution is -2.41. The first-order valence-corrected chi connectivity index (χ1v) is 13.1. The van der Waals surface area contributed by atoms with Crippen molar-refractivity contribution in [2.45, 2.75) is 51.7 Å². The van der Waals surface area contributed by atoms with Gasteiger partial charge in [-0.2, -0.15) is 0 Å². The third-order valence-corrected chi connectivity index (χ3v) is 8.50. The number of aromatic nitrogens is 1. The van der Waals surface area contributed by atoms with Crippen LogP contribution in [0.3, 0.4) is 0 Å². The SMILES string of the molecule is Cc1ccc(CNC(=O)N2Cc3c(sc4c3CCCC4)-n3cccc3[C@H]2c2cccc(F)c2)cc1. The number of urea groups is 1. The summed E-state index contributed by atoms with van der Waals surface area (Å²) >= 11 is 1.85. The van der Waals surface area contributed by atoms with Gasteiger partial charge in [-0.25, -0.2) is 9.18 Å². The maximum atomic E-state index is 14.4. The number of thiophene rings is 1. The summed E-state index contributed by atoms with van der Waals surface area (Å²) < 4.78 is 16.6. The van der Waals surface area contributed by atoms with E-state index in [0.717, 1.165) is 29.7 Å². The van der Waals surface area contributed by atoms with Crippen LogP contribution in [0.5, 0.6) is 0 Å². The second kappa shape index (κ2) is 9.00. The van der Waals surface area contributed by atoms with Gasteiger partial charge in [0.25, 0.3) is 0 Å². The topological polar surface area (TPSA) is 37.3 Å². The minimum absolute atomic E-state index is 0.142. The van der Waals surface area contributed by atoms with Crippen molar-refractivity contribution in [2.24, 2.45) is 0 Å². The van der Waals surface area contributed by atoms with E-state index in [9.17, 15) is 9.18 Å². The molecule has 0 fully saturated rings. The van der Waals surface area contributed by atoms with Crippen molar-refractivity contribution in [3.05, 3.63) is 111 Å². The summed E-state index contributed by atoms with van der Waals surface area (Å²) in [6, 6.07) is 18.4. The smallest absolute Gasteiger partial charge is 0.318 e. The molecule has 6 heteroatoms. The molecule has 3 heterocycles. The number of hydrogen-bond acceptors (Lipinski definition) is 2. The molecule has 2 aromatic heterocycles. The zero-order chi connectivity index (χ0) is 23.9. The molecule has 1 atom stereocenters. The van der Waals surface area contributed by atoms with Gasteiger partial charge in [-0.15, -0.1) is 11.3 Å². The minimum atomic E-state index is -0.391. The first-order valence-electron chi connectivity index (χ1n) is 12.2. The Hall–Kier alpha value is -3.38. The van der Waals surface area contributed by atoms with E-state index in [-0.39, 0.29) is 11.8 Å². The molecular formula is C29H28FN3OS. The normalized spacial score (nSPS) is 16.7. The van der Waals surface area contributed by atoms with Crippen molar-refractivity contribution in [2.75, 3.05) is 0 Å². The highest BCUT2D eigenvalue weighted by molar-refractivity contribution is 7.15. The van der Waals surface area contributed by atoms with Gasteiger partial charge in [0.2, 0.25) is 0 Å². The molecule has 2 aliphatic rings. The Morgan fingerprint density at radius 2 is 1.89 bits per heavy atom. The Morgan fingerprint density at radius 1 is 1.06 bits per heavy atom. The second-order valence-electron chi connectivity index (χ2n) is 9.53. The molecule has 6 rings (SSSR count). The predicted molar refractivity (Wildman–Crippen MR) is 137 cm³/mol. The van der Waals surface area contributed by atoms with Crippen LogP contribution in [0.15, 0.2) is 66.9 Å². The average molecular weight is 486 g/mol. The summed E-state index contributed by atoms with van der Waals surface area (Å²) in [5.41, 5.74) is 6.66. The van der Waals surface area contributed by atoms with E-state index in [1.54, 1.807) is 12.1 Å². The van der Waals surface area contributed by atoms with E-state index in [2.05, 4.69) is 41.2 Å². The van der Waals surface area contributed by atoms with Crippen molar-refractivity contribution in [1.29, 1.82) is 0 Å². The van der Waals surface area contributed by atoms with Crippen molar-refractivity contribution >= 4 is 17.4 Å². The molecule has 178 valence electrons. The third-order valence-electron chi connectivity index (χ3n) is 7.17. The fourth-order valence-corrected chi connectivity index (χ4v) is 6.80. The van der Waals surface area contributed by atoms with Crippen LogP contribution in [0.4, 0.5) is 9.18 Å². The fraction of sp³-hybridized carbons (Fsp3) is 0.276. The molecule has 1 N–H and O–H groups in total. The van der Waals surface area contributed by atoms with Crippen LogP contribution in [0.2, 0.25) is 0 Å². The van der Waals surface area contributed by atoms with Crippen molar-refractivity contribution in [1.82, 2.24) is 14.8 Å². The molecule has 1 aliphatic carbocycles. The zero-order valence-corrected chi connectivity index (χ0v) is 20.6. The number of nitrogens with one attached hydrogen (secondary N) is 1. The van der Waals surface area contributed by atoms with Crippen LogP contribution in [0.25, 0.3) is 5.00 Å². The number of rotatable bonds is 3. The summed E-state index contributed by atoms with van der Waals surface area (Å²) in [4.78, 5) is 17.1. The number of carbonyl (C=O) groups excluding carboxylic acids is 1. The Balaban J connectivity index is 1.43. The van der Waals surface area contributed by atoms with Gasteiger partial charge in [-0.1, -0.05) is 42.0 Å². The number of benzene rings is 2. The lowest BCUT2D eigenvalue weighted by Gasteiger charge is -2.31. The molecule has 0 saturated carbocycles. The lowest BCUT2D eigenvalue weighted by atomic mass is 9.95. The Labute approximate surface area is 209 Å². The van der Waals surface area contributed by atoms with Gasteiger partial charge >= 0.3 is 6.03 Å². The number of aryl methyl sites for hydroxylation is 2. The maximum Gasteiger partial charge on any atom is 0.318 e. The highest BCUT2D eigenvalue weighted by Crippen LogP contribution is 2.44. The minimum Gasteiger partial charge on any atom is -0.334 e. The highest BCUT2D eigenvalue weighted by Gasteiger charge is 2.36. The van der Waals surface area contributed by atoms with Crippen molar-refractivity contribution in [3.8, 4) is 5.00 Å². The van der Waals surface area contributed by atoms with Gasteiger partial charge < -0.3 is 14.8 Å². The summed E-state index contributed by atoms with van der Waals surface area (Å²) in [7, 11) is 0. The van der Waals surface area contributed by atoms with E-state index in [1.807, 2.05) is 40.5 Å². The number of halogens is 1. The highest BCUT2D eigenvalue weighted by atomic mass is 32.1. The zero-order valence-electron chi connectivity index (χ0n) is 19.8. The van der Waals surface area contributed by atoms with Gasteiger partial charge in [0.05, 0.1) is 18.3 Å². The first kappa shape index (κ1) is 22.1. The maximum absolute atomic E-state index is 14.4. The number of hydrogen-bond donors (Lipinski definition) is 1. The van der Waals surface area contributed by atoms with Crippen LogP contribution in [0.1, 0.15) is 57.3 Å². The fourth-order valence-electron chi connectivity index (χ4n) is 5.40. The summed E-state index contributed by atoms with van der Waals surface area (Å²) in [6.45, 7) is 3.00. The largest absolute Gasteiger partial charge is 0.334 e. The number of amides is 2. The molecular weight excluding hydrogens is 457 g/mol. The van der Waals surface area contributed by atoms with E-state index in [0.29, 0.717) is 13.1 Å². The Morgan fingerprint density at radius 3 is 2.71 bits per heavy atom. The van der Waals surface area contributed by atoms with E-state index in [1.165, 1.54) is 45.5 Å². The molecule has 0 radical (unpaired) electrons. The van der Waals surface area contributed by atoms with Crippen molar-refractivity contribution in [3.63, 3.8) is 0 Å². The number of carbonyl (C=O) groups is 1. The van der Waals surface area contributed by atoms with E-state index < -0.39 is 6.04 Å². The molecule has 35 heavy (non-hydrogen) atoms. The molecule has 4 aromatic rings. The van der Waals surface area contributed by atoms with Gasteiger partial charge in [0.15, 0.2) is 0 Å². The van der Waals surface area contributed by atoms with Crippen LogP contribution in [0, 0.1) is 12.7 Å². The number of nitrogens with zero attached hydrogens (tertiary/aromatic N) is 2. The quantitative estimate of drug-likeness (QED) is 0.345. The third kappa shape index (κ3) is 4.06. The second-order valence-corrected chi connectivity index (χ2v) is 10.6. The Kier molecular flexibility index (Phi) is 5.69. The molecule has 1 aliphatic heterocycles. The molecule has 0 saturated heterocycles. The predicted octanol–water partition coefficient (Wildman–Crippen LogP) is 6.68. The standard InChI is InChI=1S/C29H28FN3OS/c1-19-11-13-20(14-12-19)17-31-29(34)33-18-24-23-8-2-3-10-26(23)35-28(24)32-15-5-9-25(32)27(33)21-6-4-7-22(30)16-21/h4-7,9,11-16,27H,2-3,8,10,17-18H2,1H3,(H,31,34)/t27-/m1/s1. The van der Waals surface area contributed by atoms with Crippen LogP contribution in [-0.2, 0) is 25.9 Å². The molecule has 0 bridgehead atoms. The summed E-state index contributed by atoms with van der Waals surface area (Å²) in [6.07, 6.45) is 6.65. The lowest BCUT2D eigenvalue weighted by molar-refractivity contribution is 0.180. The van der Waals surface area contributed by atoms with Crippen LogP contribution in [-0.4, -0.2) is 15.5 Å². The average Bonchev–Trinajstić information content (AvgIpc) is 3.45. The van der Waals surface area contributed by atoms with Gasteiger partial charge in [0.1, 0.15) is 10.8 Å². The molecule has 2 amide bonds. The Bertz CT molecular complexity index is 1390. The van der Waals surface area contributed by atoms with Gasteiger partial charge in [-0.3, -0.25) is 0 Å². The molecule has 0 spiro atoms. The van der Waals surface area contributed by atoms with Gasteiger partial charge in [0, 0.05) is 23.2 Å². The van der Waals surface area contributed by atoms with E-state index >= 15 is 0 Å². The van der Waals surface area contributed by atoms with Crippen LogP contribution < -0.4 is 5.32 Å². The first-order chi connectivity index (χ1) is 17.1. The van der Waals surface area contributed by atoms with Crippen molar-refractivity contribution < 1.29 is 9.18 Å². The van der Waals surface area contributed by atoms with Gasteiger partial charge in [-0.05, 0) is 73.6 Å². The van der Waals surface area contributed by atoms with Crippen LogP contribution >= 0.6 is 11.3 Å². The molecule has 2 aromatic carbocycles. The summed E-state index contributed by atoms with van der Waals surface area (Å²) in [5, 5.41) is 4.34. The molecule has 0 unspecified atom stereocenters. The summed E-state index contributed by atoms with van der Waals surface area (Å²) in [5.74, 6) is -0.294. The monoisotopic (exact) mass is 485 g/mol. The number of fused-ring (bicyclic) bond motifs is 5. The van der Waals surface area contributed by atoms with E-state index in [4.69, 9.17) is 0 Å². The molecule has 4 nitrogen and oxygen atoms in total.